The van der Waals surface area contributed by atoms with Gasteiger partial charge in [-0.15, -0.1) is 0 Å². The fraction of sp³-hybridized carbons (Fsp3) is 0.583. The molecule has 3 atom stereocenters. The summed E-state index contributed by atoms with van der Waals surface area (Å²) >= 11 is 0. The fourth-order valence-electron chi connectivity index (χ4n) is 2.16. The third-order valence-corrected chi connectivity index (χ3v) is 3.09. The van der Waals surface area contributed by atoms with Gasteiger partial charge in [-0.25, -0.2) is 4.98 Å². The monoisotopic (exact) mass is 267 g/mol. The fourth-order valence-corrected chi connectivity index (χ4v) is 2.16. The van der Waals surface area contributed by atoms with E-state index in [1.54, 1.807) is 0 Å². The molecule has 0 unspecified atom stereocenters. The van der Waals surface area contributed by atoms with Crippen molar-refractivity contribution in [2.75, 3.05) is 5.32 Å². The maximum absolute atomic E-state index is 11.9. The summed E-state index contributed by atoms with van der Waals surface area (Å²) in [4.78, 5) is 29.2. The third kappa shape index (κ3) is 2.99. The number of aromatic amines is 1. The van der Waals surface area contributed by atoms with Crippen molar-refractivity contribution in [2.45, 2.75) is 45.0 Å². The molecule has 1 aliphatic heterocycles. The smallest absolute Gasteiger partial charge is 0.258 e. The third-order valence-electron chi connectivity index (χ3n) is 3.09. The molecule has 1 aliphatic rings. The van der Waals surface area contributed by atoms with Crippen LogP contribution in [0.2, 0.25) is 0 Å². The van der Waals surface area contributed by atoms with Crippen molar-refractivity contribution >= 4 is 11.9 Å². The number of hydrogen-bond donors (Lipinski definition) is 3. The van der Waals surface area contributed by atoms with Crippen molar-refractivity contribution in [3.05, 3.63) is 22.1 Å². The van der Waals surface area contributed by atoms with E-state index in [0.717, 1.165) is 0 Å². The Balaban J connectivity index is 2.18. The SMILES string of the molecule is CC[C@H]1O[C@@H](c2cnc(NC(C)=O)[nH]c2=O)C[C@@H]1O. The van der Waals surface area contributed by atoms with Crippen LogP contribution in [0.15, 0.2) is 11.0 Å². The molecular formula is C12H17N3O4. The molecule has 0 aliphatic carbocycles. The van der Waals surface area contributed by atoms with Crippen molar-refractivity contribution < 1.29 is 14.6 Å². The van der Waals surface area contributed by atoms with Crippen LogP contribution in [0.5, 0.6) is 0 Å². The molecule has 3 N–H and O–H groups in total. The minimum absolute atomic E-state index is 0.104. The molecule has 19 heavy (non-hydrogen) atoms. The first-order valence-electron chi connectivity index (χ1n) is 6.21. The van der Waals surface area contributed by atoms with Crippen LogP contribution < -0.4 is 10.9 Å². The molecule has 1 saturated heterocycles. The van der Waals surface area contributed by atoms with E-state index in [1.807, 2.05) is 6.92 Å². The molecule has 7 nitrogen and oxygen atoms in total. The van der Waals surface area contributed by atoms with Crippen LogP contribution in [-0.4, -0.2) is 33.2 Å². The number of aromatic nitrogens is 2. The number of carbonyl (C=O) groups excluding carboxylic acids is 1. The van der Waals surface area contributed by atoms with Gasteiger partial charge in [-0.1, -0.05) is 6.92 Å². The first kappa shape index (κ1) is 13.7. The van der Waals surface area contributed by atoms with Crippen molar-refractivity contribution in [2.24, 2.45) is 0 Å². The van der Waals surface area contributed by atoms with Crippen LogP contribution in [0, 0.1) is 0 Å². The van der Waals surface area contributed by atoms with E-state index in [0.29, 0.717) is 18.4 Å². The lowest BCUT2D eigenvalue weighted by molar-refractivity contribution is -0.114. The summed E-state index contributed by atoms with van der Waals surface area (Å²) in [5.74, 6) is -0.207. The maximum atomic E-state index is 11.9. The zero-order valence-corrected chi connectivity index (χ0v) is 10.8. The molecule has 2 heterocycles. The summed E-state index contributed by atoms with van der Waals surface area (Å²) in [6, 6.07) is 0. The molecule has 1 aromatic heterocycles. The lowest BCUT2D eigenvalue weighted by Crippen LogP contribution is -2.21. The normalized spacial score (nSPS) is 26.4. The second-order valence-electron chi connectivity index (χ2n) is 4.57. The number of H-pyrrole nitrogens is 1. The van der Waals surface area contributed by atoms with Gasteiger partial charge in [0, 0.05) is 19.5 Å². The standard InChI is InChI=1S/C12H17N3O4/c1-3-9-8(17)4-10(19-9)7-5-13-12(14-6(2)16)15-11(7)18/h5,8-10,17H,3-4H2,1-2H3,(H2,13,14,15,16,18)/t8-,9+,10+/m0/s1. The van der Waals surface area contributed by atoms with Gasteiger partial charge < -0.3 is 9.84 Å². The molecule has 1 aromatic rings. The van der Waals surface area contributed by atoms with Crippen molar-refractivity contribution in [3.63, 3.8) is 0 Å². The Hall–Kier alpha value is -1.73. The zero-order valence-electron chi connectivity index (χ0n) is 10.8. The average molecular weight is 267 g/mol. The van der Waals surface area contributed by atoms with E-state index < -0.39 is 12.2 Å². The summed E-state index contributed by atoms with van der Waals surface area (Å²) in [5, 5.41) is 12.2. The quantitative estimate of drug-likeness (QED) is 0.732. The number of nitrogens with one attached hydrogen (secondary N) is 2. The van der Waals surface area contributed by atoms with Crippen LogP contribution in [0.3, 0.4) is 0 Å². The molecule has 104 valence electrons. The van der Waals surface area contributed by atoms with E-state index >= 15 is 0 Å². The number of aliphatic hydroxyl groups is 1. The average Bonchev–Trinajstić information content (AvgIpc) is 2.69. The predicted molar refractivity (Wildman–Crippen MR) is 67.7 cm³/mol. The molecule has 0 bridgehead atoms. The van der Waals surface area contributed by atoms with E-state index in [9.17, 15) is 14.7 Å². The molecule has 1 amide bonds. The summed E-state index contributed by atoms with van der Waals surface area (Å²) in [6.45, 7) is 3.24. The highest BCUT2D eigenvalue weighted by atomic mass is 16.5. The van der Waals surface area contributed by atoms with Crippen molar-refractivity contribution in [1.29, 1.82) is 0 Å². The topological polar surface area (TPSA) is 104 Å². The lowest BCUT2D eigenvalue weighted by atomic mass is 10.1. The van der Waals surface area contributed by atoms with Gasteiger partial charge in [0.25, 0.3) is 5.56 Å². The highest BCUT2D eigenvalue weighted by Gasteiger charge is 2.34. The summed E-state index contributed by atoms with van der Waals surface area (Å²) in [7, 11) is 0. The molecule has 0 spiro atoms. The van der Waals surface area contributed by atoms with Crippen molar-refractivity contribution in [3.8, 4) is 0 Å². The number of nitrogens with zero attached hydrogens (tertiary/aromatic N) is 1. The summed E-state index contributed by atoms with van der Waals surface area (Å²) in [5.41, 5.74) is -0.00296. The Labute approximate surface area is 110 Å². The van der Waals surface area contributed by atoms with Gasteiger partial charge in [-0.2, -0.15) is 0 Å². The first-order valence-corrected chi connectivity index (χ1v) is 6.21. The minimum atomic E-state index is -0.565. The second kappa shape index (κ2) is 5.50. The predicted octanol–water partition coefficient (Wildman–Crippen LogP) is 0.329. The van der Waals surface area contributed by atoms with Crippen LogP contribution >= 0.6 is 0 Å². The van der Waals surface area contributed by atoms with Gasteiger partial charge in [-0.05, 0) is 6.42 Å². The number of ether oxygens (including phenoxy) is 1. The van der Waals surface area contributed by atoms with Gasteiger partial charge in [0.2, 0.25) is 11.9 Å². The van der Waals surface area contributed by atoms with Gasteiger partial charge in [0.05, 0.1) is 23.9 Å². The largest absolute Gasteiger partial charge is 0.390 e. The number of anilines is 1. The number of rotatable bonds is 3. The summed E-state index contributed by atoms with van der Waals surface area (Å²) in [6.07, 6.45) is 1.17. The summed E-state index contributed by atoms with van der Waals surface area (Å²) < 4.78 is 5.61. The Morgan fingerprint density at radius 1 is 1.68 bits per heavy atom. The molecule has 7 heteroatoms. The van der Waals surface area contributed by atoms with Crippen LogP contribution in [0.4, 0.5) is 5.95 Å². The second-order valence-corrected chi connectivity index (χ2v) is 4.57. The molecule has 0 saturated carbocycles. The molecule has 2 rings (SSSR count). The Kier molecular flexibility index (Phi) is 3.96. The number of hydrogen-bond acceptors (Lipinski definition) is 5. The number of carbonyl (C=O) groups is 1. The lowest BCUT2D eigenvalue weighted by Gasteiger charge is -2.12. The van der Waals surface area contributed by atoms with E-state index in [2.05, 4.69) is 15.3 Å². The van der Waals surface area contributed by atoms with Crippen molar-refractivity contribution in [1.82, 2.24) is 9.97 Å². The number of aliphatic hydroxyl groups excluding tert-OH is 1. The highest BCUT2D eigenvalue weighted by Crippen LogP contribution is 2.32. The molecular weight excluding hydrogens is 250 g/mol. The number of amides is 1. The van der Waals surface area contributed by atoms with E-state index in [4.69, 9.17) is 4.74 Å². The van der Waals surface area contributed by atoms with Gasteiger partial charge in [0.15, 0.2) is 0 Å². The van der Waals surface area contributed by atoms with Gasteiger partial charge >= 0.3 is 0 Å². The van der Waals surface area contributed by atoms with Gasteiger partial charge in [-0.3, -0.25) is 19.9 Å². The molecule has 1 fully saturated rings. The van der Waals surface area contributed by atoms with Crippen LogP contribution in [0.25, 0.3) is 0 Å². The molecule has 0 aromatic carbocycles. The molecule has 0 radical (unpaired) electrons. The van der Waals surface area contributed by atoms with Gasteiger partial charge in [0.1, 0.15) is 0 Å². The Bertz CT molecular complexity index is 528. The Morgan fingerprint density at radius 2 is 2.42 bits per heavy atom. The van der Waals surface area contributed by atoms with E-state index in [1.165, 1.54) is 13.1 Å². The van der Waals surface area contributed by atoms with Crippen LogP contribution in [-0.2, 0) is 9.53 Å². The zero-order chi connectivity index (χ0) is 14.0. The maximum Gasteiger partial charge on any atom is 0.258 e. The minimum Gasteiger partial charge on any atom is -0.390 e. The van der Waals surface area contributed by atoms with E-state index in [-0.39, 0.29) is 23.5 Å². The van der Waals surface area contributed by atoms with Crippen LogP contribution in [0.1, 0.15) is 38.4 Å². The highest BCUT2D eigenvalue weighted by molar-refractivity contribution is 5.86. The Morgan fingerprint density at radius 3 is 2.95 bits per heavy atom. The first-order chi connectivity index (χ1) is 9.01.